The molecule has 0 atom stereocenters. The molecule has 1 amide bonds. The lowest BCUT2D eigenvalue weighted by atomic mass is 10.3. The molecular formula is C16H14ClN3OS. The monoisotopic (exact) mass is 331 g/mol. The van der Waals surface area contributed by atoms with Crippen LogP contribution in [0.25, 0.3) is 5.69 Å². The van der Waals surface area contributed by atoms with Crippen LogP contribution in [0.1, 0.15) is 20.1 Å². The summed E-state index contributed by atoms with van der Waals surface area (Å²) in [5.74, 6) is -0.0580. The Morgan fingerprint density at radius 1 is 1.27 bits per heavy atom. The molecule has 112 valence electrons. The highest BCUT2D eigenvalue weighted by Gasteiger charge is 2.08. The zero-order valence-electron chi connectivity index (χ0n) is 11.9. The van der Waals surface area contributed by atoms with Crippen LogP contribution in [0.2, 0.25) is 5.02 Å². The molecular weight excluding hydrogens is 318 g/mol. The Bertz CT molecular complexity index is 792. The number of halogens is 1. The van der Waals surface area contributed by atoms with E-state index in [1.807, 2.05) is 49.5 Å². The van der Waals surface area contributed by atoms with E-state index in [0.717, 1.165) is 21.0 Å². The number of aryl methyl sites for hydroxylation is 1. The molecule has 3 rings (SSSR count). The van der Waals surface area contributed by atoms with Crippen molar-refractivity contribution in [2.24, 2.45) is 0 Å². The maximum Gasteiger partial charge on any atom is 0.261 e. The lowest BCUT2D eigenvalue weighted by Gasteiger charge is -2.02. The number of hydrogen-bond acceptors (Lipinski definition) is 3. The van der Waals surface area contributed by atoms with Crippen LogP contribution in [-0.4, -0.2) is 15.7 Å². The van der Waals surface area contributed by atoms with Gasteiger partial charge in [0.1, 0.15) is 0 Å². The summed E-state index contributed by atoms with van der Waals surface area (Å²) in [6.45, 7) is 2.43. The van der Waals surface area contributed by atoms with Gasteiger partial charge in [0.05, 0.1) is 16.8 Å². The number of thiophene rings is 1. The van der Waals surface area contributed by atoms with E-state index < -0.39 is 0 Å². The van der Waals surface area contributed by atoms with E-state index in [-0.39, 0.29) is 5.91 Å². The van der Waals surface area contributed by atoms with E-state index in [0.29, 0.717) is 11.6 Å². The van der Waals surface area contributed by atoms with Gasteiger partial charge in [0.2, 0.25) is 0 Å². The van der Waals surface area contributed by atoms with Gasteiger partial charge < -0.3 is 5.32 Å². The Morgan fingerprint density at radius 2 is 2.05 bits per heavy atom. The van der Waals surface area contributed by atoms with E-state index in [9.17, 15) is 4.79 Å². The maximum atomic E-state index is 12.0. The van der Waals surface area contributed by atoms with Gasteiger partial charge in [-0.1, -0.05) is 11.6 Å². The molecule has 1 aromatic carbocycles. The first-order chi connectivity index (χ1) is 10.6. The lowest BCUT2D eigenvalue weighted by Crippen LogP contribution is -2.21. The van der Waals surface area contributed by atoms with Gasteiger partial charge in [0.15, 0.2) is 0 Å². The second-order valence-corrected chi connectivity index (χ2v) is 6.59. The van der Waals surface area contributed by atoms with Crippen LogP contribution in [0.15, 0.2) is 48.8 Å². The highest BCUT2D eigenvalue weighted by atomic mass is 35.5. The van der Waals surface area contributed by atoms with Crippen molar-refractivity contribution in [3.63, 3.8) is 0 Å². The number of amides is 1. The quantitative estimate of drug-likeness (QED) is 0.790. The zero-order valence-corrected chi connectivity index (χ0v) is 13.5. The Morgan fingerprint density at radius 3 is 2.73 bits per heavy atom. The van der Waals surface area contributed by atoms with E-state index in [2.05, 4.69) is 10.4 Å². The second-order valence-electron chi connectivity index (χ2n) is 4.86. The third-order valence-electron chi connectivity index (χ3n) is 3.14. The minimum Gasteiger partial charge on any atom is -0.347 e. The van der Waals surface area contributed by atoms with Gasteiger partial charge in [-0.05, 0) is 43.3 Å². The van der Waals surface area contributed by atoms with Gasteiger partial charge in [0.25, 0.3) is 5.91 Å². The molecule has 0 unspecified atom stereocenters. The van der Waals surface area contributed by atoms with Gasteiger partial charge in [-0.3, -0.25) is 4.79 Å². The molecule has 0 saturated carbocycles. The fourth-order valence-electron chi connectivity index (χ4n) is 2.01. The summed E-state index contributed by atoms with van der Waals surface area (Å²) < 4.78 is 1.76. The number of benzene rings is 1. The van der Waals surface area contributed by atoms with Crippen molar-refractivity contribution in [2.75, 3.05) is 0 Å². The van der Waals surface area contributed by atoms with Crippen LogP contribution >= 0.6 is 22.9 Å². The topological polar surface area (TPSA) is 46.9 Å². The standard InChI is InChI=1S/C16H14ClN3OS/c1-11-2-7-15(22-11)16(21)18-8-12-9-19-20(10-12)14-5-3-13(17)4-6-14/h2-7,9-10H,8H2,1H3,(H,18,21). The molecule has 2 aromatic heterocycles. The highest BCUT2D eigenvalue weighted by Crippen LogP contribution is 2.15. The molecule has 0 saturated heterocycles. The fourth-order valence-corrected chi connectivity index (χ4v) is 2.92. The largest absolute Gasteiger partial charge is 0.347 e. The van der Waals surface area contributed by atoms with Crippen LogP contribution in [0.5, 0.6) is 0 Å². The molecule has 22 heavy (non-hydrogen) atoms. The van der Waals surface area contributed by atoms with E-state index in [4.69, 9.17) is 11.6 Å². The first-order valence-corrected chi connectivity index (χ1v) is 7.95. The van der Waals surface area contributed by atoms with Crippen molar-refractivity contribution in [3.05, 3.63) is 69.1 Å². The van der Waals surface area contributed by atoms with Crippen LogP contribution < -0.4 is 5.32 Å². The highest BCUT2D eigenvalue weighted by molar-refractivity contribution is 7.13. The normalized spacial score (nSPS) is 10.6. The maximum absolute atomic E-state index is 12.0. The van der Waals surface area contributed by atoms with Crippen molar-refractivity contribution >= 4 is 28.8 Å². The first kappa shape index (κ1) is 14.8. The molecule has 4 nitrogen and oxygen atoms in total. The molecule has 2 heterocycles. The van der Waals surface area contributed by atoms with E-state index in [1.165, 1.54) is 11.3 Å². The summed E-state index contributed by atoms with van der Waals surface area (Å²) in [6, 6.07) is 11.2. The van der Waals surface area contributed by atoms with Gasteiger partial charge in [0, 0.05) is 28.2 Å². The SMILES string of the molecule is Cc1ccc(C(=O)NCc2cnn(-c3ccc(Cl)cc3)c2)s1. The van der Waals surface area contributed by atoms with Gasteiger partial charge >= 0.3 is 0 Å². The second kappa shape index (κ2) is 6.34. The van der Waals surface area contributed by atoms with Crippen LogP contribution in [0.3, 0.4) is 0 Å². The van der Waals surface area contributed by atoms with Crippen molar-refractivity contribution in [1.29, 1.82) is 0 Å². The van der Waals surface area contributed by atoms with E-state index in [1.54, 1.807) is 10.9 Å². The van der Waals surface area contributed by atoms with Crippen molar-refractivity contribution < 1.29 is 4.79 Å². The van der Waals surface area contributed by atoms with Gasteiger partial charge in [-0.2, -0.15) is 5.10 Å². The Balaban J connectivity index is 1.64. The summed E-state index contributed by atoms with van der Waals surface area (Å²) in [5, 5.41) is 7.88. The Kier molecular flexibility index (Phi) is 4.27. The van der Waals surface area contributed by atoms with Crippen LogP contribution in [0.4, 0.5) is 0 Å². The number of nitrogens with one attached hydrogen (secondary N) is 1. The summed E-state index contributed by atoms with van der Waals surface area (Å²) in [6.07, 6.45) is 3.64. The smallest absolute Gasteiger partial charge is 0.261 e. The number of rotatable bonds is 4. The average molecular weight is 332 g/mol. The Hall–Kier alpha value is -2.11. The number of aromatic nitrogens is 2. The van der Waals surface area contributed by atoms with Crippen molar-refractivity contribution in [3.8, 4) is 5.69 Å². The third-order valence-corrected chi connectivity index (χ3v) is 4.40. The lowest BCUT2D eigenvalue weighted by molar-refractivity contribution is 0.0955. The van der Waals surface area contributed by atoms with Crippen LogP contribution in [-0.2, 0) is 6.54 Å². The molecule has 0 radical (unpaired) electrons. The Labute approximate surface area is 137 Å². The summed E-state index contributed by atoms with van der Waals surface area (Å²) >= 11 is 7.36. The number of hydrogen-bond donors (Lipinski definition) is 1. The first-order valence-electron chi connectivity index (χ1n) is 6.76. The minimum atomic E-state index is -0.0580. The molecule has 0 bridgehead atoms. The molecule has 1 N–H and O–H groups in total. The molecule has 0 fully saturated rings. The van der Waals surface area contributed by atoms with Gasteiger partial charge in [-0.15, -0.1) is 11.3 Å². The fraction of sp³-hybridized carbons (Fsp3) is 0.125. The molecule has 0 aliphatic rings. The average Bonchev–Trinajstić information content (AvgIpc) is 3.15. The predicted molar refractivity (Wildman–Crippen MR) is 88.8 cm³/mol. The van der Waals surface area contributed by atoms with Gasteiger partial charge in [-0.25, -0.2) is 4.68 Å². The number of nitrogens with zero attached hydrogens (tertiary/aromatic N) is 2. The summed E-state index contributed by atoms with van der Waals surface area (Å²) in [4.78, 5) is 13.9. The third kappa shape index (κ3) is 3.37. The summed E-state index contributed by atoms with van der Waals surface area (Å²) in [5.41, 5.74) is 1.87. The van der Waals surface area contributed by atoms with Crippen molar-refractivity contribution in [2.45, 2.75) is 13.5 Å². The number of carbonyl (C=O) groups is 1. The molecule has 0 spiro atoms. The number of carbonyl (C=O) groups excluding carboxylic acids is 1. The van der Waals surface area contributed by atoms with Crippen LogP contribution in [0, 0.1) is 6.92 Å². The van der Waals surface area contributed by atoms with E-state index >= 15 is 0 Å². The predicted octanol–water partition coefficient (Wildman–Crippen LogP) is 3.83. The minimum absolute atomic E-state index is 0.0580. The molecule has 0 aliphatic carbocycles. The molecule has 0 aliphatic heterocycles. The molecule has 6 heteroatoms. The summed E-state index contributed by atoms with van der Waals surface area (Å²) in [7, 11) is 0. The zero-order chi connectivity index (χ0) is 15.5. The molecule has 3 aromatic rings. The van der Waals surface area contributed by atoms with Crippen molar-refractivity contribution in [1.82, 2.24) is 15.1 Å².